The Morgan fingerprint density at radius 1 is 1.33 bits per heavy atom. The SMILES string of the molecule is Cc1cnn(CCNc2c(N)cnc3ccc(Br)cc23)c1. The van der Waals surface area contributed by atoms with Crippen LogP contribution in [0.2, 0.25) is 0 Å². The fourth-order valence-corrected chi connectivity index (χ4v) is 2.62. The molecule has 0 saturated carbocycles. The van der Waals surface area contributed by atoms with Crippen molar-refractivity contribution < 1.29 is 0 Å². The van der Waals surface area contributed by atoms with E-state index in [-0.39, 0.29) is 0 Å². The van der Waals surface area contributed by atoms with Crippen LogP contribution in [0.4, 0.5) is 11.4 Å². The Hall–Kier alpha value is -2.08. The van der Waals surface area contributed by atoms with E-state index in [2.05, 4.69) is 31.3 Å². The minimum Gasteiger partial charge on any atom is -0.396 e. The van der Waals surface area contributed by atoms with Crippen molar-refractivity contribution >= 4 is 38.2 Å². The number of hydrogen-bond donors (Lipinski definition) is 2. The van der Waals surface area contributed by atoms with Gasteiger partial charge in [-0.05, 0) is 30.7 Å². The number of nitrogens with zero attached hydrogens (tertiary/aromatic N) is 3. The predicted octanol–water partition coefficient (Wildman–Crippen LogP) is 3.20. The average Bonchev–Trinajstić information content (AvgIpc) is 2.87. The summed E-state index contributed by atoms with van der Waals surface area (Å²) >= 11 is 3.49. The fourth-order valence-electron chi connectivity index (χ4n) is 2.26. The van der Waals surface area contributed by atoms with Crippen LogP contribution in [0.3, 0.4) is 0 Å². The molecule has 0 atom stereocenters. The van der Waals surface area contributed by atoms with Crippen molar-refractivity contribution in [3.05, 3.63) is 46.8 Å². The standard InChI is InChI=1S/C15H16BrN5/c1-10-7-20-21(9-10)5-4-18-15-12-6-11(16)2-3-14(12)19-8-13(15)17/h2-3,6-9H,4-5,17H2,1H3,(H,18,19). The zero-order chi connectivity index (χ0) is 14.8. The van der Waals surface area contributed by atoms with Gasteiger partial charge >= 0.3 is 0 Å². The summed E-state index contributed by atoms with van der Waals surface area (Å²) in [5.41, 5.74) is 9.71. The summed E-state index contributed by atoms with van der Waals surface area (Å²) < 4.78 is 2.92. The highest BCUT2D eigenvalue weighted by Gasteiger charge is 2.07. The molecule has 0 aliphatic carbocycles. The number of nitrogens with two attached hydrogens (primary N) is 1. The molecule has 0 bridgehead atoms. The van der Waals surface area contributed by atoms with Crippen LogP contribution in [0.15, 0.2) is 41.3 Å². The number of rotatable bonds is 4. The largest absolute Gasteiger partial charge is 0.396 e. The lowest BCUT2D eigenvalue weighted by Crippen LogP contribution is -2.12. The second-order valence-electron chi connectivity index (χ2n) is 4.96. The first-order valence-electron chi connectivity index (χ1n) is 6.70. The number of benzene rings is 1. The Bertz CT molecular complexity index is 776. The second kappa shape index (κ2) is 5.73. The van der Waals surface area contributed by atoms with E-state index in [1.54, 1.807) is 6.20 Å². The molecular weight excluding hydrogens is 330 g/mol. The lowest BCUT2D eigenvalue weighted by Gasteiger charge is -2.12. The highest BCUT2D eigenvalue weighted by molar-refractivity contribution is 9.10. The van der Waals surface area contributed by atoms with E-state index in [9.17, 15) is 0 Å². The zero-order valence-corrected chi connectivity index (χ0v) is 13.3. The molecule has 6 heteroatoms. The van der Waals surface area contributed by atoms with E-state index in [1.165, 1.54) is 0 Å². The Labute approximate surface area is 131 Å². The highest BCUT2D eigenvalue weighted by Crippen LogP contribution is 2.29. The van der Waals surface area contributed by atoms with Gasteiger partial charge in [-0.3, -0.25) is 9.67 Å². The maximum atomic E-state index is 6.06. The fraction of sp³-hybridized carbons (Fsp3) is 0.200. The zero-order valence-electron chi connectivity index (χ0n) is 11.7. The molecule has 1 aromatic carbocycles. The Morgan fingerprint density at radius 2 is 2.19 bits per heavy atom. The molecule has 0 saturated heterocycles. The topological polar surface area (TPSA) is 68.8 Å². The molecule has 3 aromatic rings. The van der Waals surface area contributed by atoms with Gasteiger partial charge in [-0.1, -0.05) is 15.9 Å². The molecule has 0 spiro atoms. The predicted molar refractivity (Wildman–Crippen MR) is 89.3 cm³/mol. The first kappa shape index (κ1) is 13.9. The summed E-state index contributed by atoms with van der Waals surface area (Å²) in [4.78, 5) is 4.35. The van der Waals surface area contributed by atoms with Crippen molar-refractivity contribution in [1.29, 1.82) is 0 Å². The molecule has 0 radical (unpaired) electrons. The van der Waals surface area contributed by atoms with Crippen LogP contribution in [-0.4, -0.2) is 21.3 Å². The normalized spacial score (nSPS) is 11.0. The van der Waals surface area contributed by atoms with Crippen LogP contribution in [0, 0.1) is 6.92 Å². The number of nitrogens with one attached hydrogen (secondary N) is 1. The lowest BCUT2D eigenvalue weighted by molar-refractivity contribution is 0.638. The molecule has 0 aliphatic heterocycles. The maximum absolute atomic E-state index is 6.06. The van der Waals surface area contributed by atoms with E-state index in [0.29, 0.717) is 5.69 Å². The van der Waals surface area contributed by atoms with Gasteiger partial charge in [0.25, 0.3) is 0 Å². The number of nitrogen functional groups attached to an aromatic ring is 1. The molecule has 2 aromatic heterocycles. The van der Waals surface area contributed by atoms with Gasteiger partial charge in [0.05, 0.1) is 35.8 Å². The minimum absolute atomic E-state index is 0.650. The van der Waals surface area contributed by atoms with Gasteiger partial charge in [0.1, 0.15) is 0 Å². The number of halogens is 1. The molecule has 108 valence electrons. The Kier molecular flexibility index (Phi) is 3.79. The highest BCUT2D eigenvalue weighted by atomic mass is 79.9. The number of fused-ring (bicyclic) bond motifs is 1. The third-order valence-electron chi connectivity index (χ3n) is 3.26. The van der Waals surface area contributed by atoms with Gasteiger partial charge in [-0.2, -0.15) is 5.10 Å². The van der Waals surface area contributed by atoms with E-state index in [1.807, 2.05) is 42.2 Å². The summed E-state index contributed by atoms with van der Waals surface area (Å²) in [5.74, 6) is 0. The van der Waals surface area contributed by atoms with Crippen LogP contribution >= 0.6 is 15.9 Å². The van der Waals surface area contributed by atoms with E-state index in [4.69, 9.17) is 5.73 Å². The average molecular weight is 346 g/mol. The van der Waals surface area contributed by atoms with Gasteiger partial charge in [0.15, 0.2) is 0 Å². The molecule has 0 aliphatic rings. The van der Waals surface area contributed by atoms with Crippen LogP contribution in [0.25, 0.3) is 10.9 Å². The van der Waals surface area contributed by atoms with Crippen molar-refractivity contribution in [1.82, 2.24) is 14.8 Å². The van der Waals surface area contributed by atoms with Crippen LogP contribution in [-0.2, 0) is 6.54 Å². The first-order valence-corrected chi connectivity index (χ1v) is 7.49. The van der Waals surface area contributed by atoms with Crippen molar-refractivity contribution in [2.24, 2.45) is 0 Å². The smallest absolute Gasteiger partial charge is 0.0743 e. The Balaban J connectivity index is 1.82. The summed E-state index contributed by atoms with van der Waals surface area (Å²) in [7, 11) is 0. The van der Waals surface area contributed by atoms with E-state index < -0.39 is 0 Å². The maximum Gasteiger partial charge on any atom is 0.0743 e. The molecule has 5 nitrogen and oxygen atoms in total. The van der Waals surface area contributed by atoms with Gasteiger partial charge in [-0.15, -0.1) is 0 Å². The third kappa shape index (κ3) is 3.00. The molecular formula is C15H16BrN5. The number of aromatic nitrogens is 3. The van der Waals surface area contributed by atoms with Gasteiger partial charge < -0.3 is 11.1 Å². The van der Waals surface area contributed by atoms with Crippen molar-refractivity contribution in [3.8, 4) is 0 Å². The van der Waals surface area contributed by atoms with Crippen molar-refractivity contribution in [3.63, 3.8) is 0 Å². The molecule has 3 N–H and O–H groups in total. The quantitative estimate of drug-likeness (QED) is 0.761. The monoisotopic (exact) mass is 345 g/mol. The minimum atomic E-state index is 0.650. The number of hydrogen-bond acceptors (Lipinski definition) is 4. The third-order valence-corrected chi connectivity index (χ3v) is 3.76. The van der Waals surface area contributed by atoms with E-state index in [0.717, 1.165) is 39.7 Å². The van der Waals surface area contributed by atoms with Crippen LogP contribution in [0.1, 0.15) is 5.56 Å². The molecule has 0 amide bonds. The van der Waals surface area contributed by atoms with Crippen molar-refractivity contribution in [2.45, 2.75) is 13.5 Å². The van der Waals surface area contributed by atoms with Gasteiger partial charge in [0.2, 0.25) is 0 Å². The van der Waals surface area contributed by atoms with Gasteiger partial charge in [-0.25, -0.2) is 0 Å². The molecule has 3 rings (SSSR count). The summed E-state index contributed by atoms with van der Waals surface area (Å²) in [5, 5.41) is 8.68. The van der Waals surface area contributed by atoms with Gasteiger partial charge in [0, 0.05) is 22.6 Å². The summed E-state index contributed by atoms with van der Waals surface area (Å²) in [6.45, 7) is 3.56. The molecule has 2 heterocycles. The first-order chi connectivity index (χ1) is 10.1. The molecule has 0 unspecified atom stereocenters. The Morgan fingerprint density at radius 3 is 2.95 bits per heavy atom. The van der Waals surface area contributed by atoms with E-state index >= 15 is 0 Å². The second-order valence-corrected chi connectivity index (χ2v) is 5.87. The molecule has 0 fully saturated rings. The van der Waals surface area contributed by atoms with Crippen LogP contribution < -0.4 is 11.1 Å². The number of aryl methyl sites for hydroxylation is 1. The summed E-state index contributed by atoms with van der Waals surface area (Å²) in [6.07, 6.45) is 5.57. The summed E-state index contributed by atoms with van der Waals surface area (Å²) in [6, 6.07) is 5.97. The number of pyridine rings is 1. The van der Waals surface area contributed by atoms with Crippen LogP contribution in [0.5, 0.6) is 0 Å². The lowest BCUT2D eigenvalue weighted by atomic mass is 10.1. The number of anilines is 2. The van der Waals surface area contributed by atoms with Crippen molar-refractivity contribution in [2.75, 3.05) is 17.6 Å². The molecule has 21 heavy (non-hydrogen) atoms.